The van der Waals surface area contributed by atoms with Gasteiger partial charge in [0.1, 0.15) is 33.8 Å². The van der Waals surface area contributed by atoms with E-state index >= 15 is 0 Å². The normalized spacial score (nSPS) is 11.9. The maximum Gasteiger partial charge on any atom is 0.136 e. The number of benzene rings is 4. The van der Waals surface area contributed by atoms with Gasteiger partial charge in [0.2, 0.25) is 0 Å². The third kappa shape index (κ3) is 1.89. The topological polar surface area (TPSA) is 66.7 Å². The van der Waals surface area contributed by atoms with E-state index in [1.165, 1.54) is 0 Å². The molecule has 134 valence electrons. The van der Waals surface area contributed by atoms with E-state index in [0.717, 1.165) is 32.7 Å². The van der Waals surface area contributed by atoms with E-state index in [9.17, 15) is 10.2 Å². The quantitative estimate of drug-likeness (QED) is 0.346. The summed E-state index contributed by atoms with van der Waals surface area (Å²) in [5.74, 6) is 0.152. The smallest absolute Gasteiger partial charge is 0.136 e. The molecule has 28 heavy (non-hydrogen) atoms. The van der Waals surface area contributed by atoms with Gasteiger partial charge in [0.15, 0.2) is 0 Å². The molecule has 0 aliphatic rings. The third-order valence-electron chi connectivity index (χ3n) is 5.29. The highest BCUT2D eigenvalue weighted by atomic mass is 16.3. The van der Waals surface area contributed by atoms with Gasteiger partial charge in [-0.1, -0.05) is 36.4 Å². The van der Waals surface area contributed by atoms with Crippen LogP contribution in [0.3, 0.4) is 0 Å². The van der Waals surface area contributed by atoms with Crippen LogP contribution in [0, 0.1) is 0 Å². The van der Waals surface area contributed by atoms with E-state index in [2.05, 4.69) is 0 Å². The second-order valence-corrected chi connectivity index (χ2v) is 6.86. The molecule has 2 heterocycles. The summed E-state index contributed by atoms with van der Waals surface area (Å²) < 4.78 is 11.9. The van der Waals surface area contributed by atoms with Gasteiger partial charge in [-0.25, -0.2) is 0 Å². The molecule has 4 nitrogen and oxygen atoms in total. The van der Waals surface area contributed by atoms with Crippen LogP contribution in [0.1, 0.15) is 0 Å². The maximum atomic E-state index is 10.8. The SMILES string of the molecule is Oc1ccc2oc3ccccc3c2c1-c1c(O)ccc2oc3ccccc3c12. The fourth-order valence-electron chi connectivity index (χ4n) is 4.12. The zero-order valence-electron chi connectivity index (χ0n) is 14.6. The second-order valence-electron chi connectivity index (χ2n) is 6.86. The van der Waals surface area contributed by atoms with Gasteiger partial charge in [0, 0.05) is 32.7 Å². The molecule has 6 aromatic rings. The molecular formula is C24H14O4. The zero-order chi connectivity index (χ0) is 18.8. The van der Waals surface area contributed by atoms with Crippen LogP contribution in [0.2, 0.25) is 0 Å². The Bertz CT molecular complexity index is 1420. The van der Waals surface area contributed by atoms with Gasteiger partial charge in [0.25, 0.3) is 0 Å². The van der Waals surface area contributed by atoms with Crippen LogP contribution in [0.4, 0.5) is 0 Å². The van der Waals surface area contributed by atoms with Gasteiger partial charge in [-0.05, 0) is 36.4 Å². The Kier molecular flexibility index (Phi) is 2.87. The lowest BCUT2D eigenvalue weighted by molar-refractivity contribution is 0.470. The Labute approximate surface area is 158 Å². The first kappa shape index (κ1) is 15.2. The number of phenols is 2. The largest absolute Gasteiger partial charge is 0.507 e. The zero-order valence-corrected chi connectivity index (χ0v) is 14.6. The first-order chi connectivity index (χ1) is 13.7. The van der Waals surface area contributed by atoms with Crippen molar-refractivity contribution in [3.8, 4) is 22.6 Å². The van der Waals surface area contributed by atoms with Crippen molar-refractivity contribution in [2.75, 3.05) is 0 Å². The van der Waals surface area contributed by atoms with Crippen molar-refractivity contribution in [1.29, 1.82) is 0 Å². The van der Waals surface area contributed by atoms with Crippen molar-refractivity contribution in [3.05, 3.63) is 72.8 Å². The average molecular weight is 366 g/mol. The fraction of sp³-hybridized carbons (Fsp3) is 0. The molecule has 2 aromatic heterocycles. The van der Waals surface area contributed by atoms with Crippen LogP contribution in [0.5, 0.6) is 11.5 Å². The molecule has 0 aliphatic carbocycles. The molecule has 4 aromatic carbocycles. The summed E-state index contributed by atoms with van der Waals surface area (Å²) in [6.45, 7) is 0. The summed E-state index contributed by atoms with van der Waals surface area (Å²) >= 11 is 0. The van der Waals surface area contributed by atoms with Gasteiger partial charge >= 0.3 is 0 Å². The molecule has 0 radical (unpaired) electrons. The van der Waals surface area contributed by atoms with E-state index in [0.29, 0.717) is 22.3 Å². The maximum absolute atomic E-state index is 10.8. The molecule has 2 N–H and O–H groups in total. The Morgan fingerprint density at radius 3 is 1.36 bits per heavy atom. The summed E-state index contributed by atoms with van der Waals surface area (Å²) in [6.07, 6.45) is 0. The van der Waals surface area contributed by atoms with Crippen LogP contribution in [-0.4, -0.2) is 10.2 Å². The number of rotatable bonds is 1. The molecular weight excluding hydrogens is 352 g/mol. The van der Waals surface area contributed by atoms with E-state index in [-0.39, 0.29) is 11.5 Å². The van der Waals surface area contributed by atoms with Crippen LogP contribution in [0.15, 0.2) is 81.6 Å². The standard InChI is InChI=1S/C24H14O4/c25-15-9-11-19-21(13-5-1-3-7-17(13)27-19)23(15)24-16(26)10-12-20-22(24)14-6-2-4-8-18(14)28-20/h1-12,25-26H. The van der Waals surface area contributed by atoms with E-state index < -0.39 is 0 Å². The minimum absolute atomic E-state index is 0.0761. The van der Waals surface area contributed by atoms with Crippen LogP contribution >= 0.6 is 0 Å². The minimum Gasteiger partial charge on any atom is -0.507 e. The predicted molar refractivity (Wildman–Crippen MR) is 110 cm³/mol. The molecule has 6 rings (SSSR count). The number of hydrogen-bond acceptors (Lipinski definition) is 4. The third-order valence-corrected chi connectivity index (χ3v) is 5.29. The number of para-hydroxylation sites is 2. The second kappa shape index (κ2) is 5.30. The van der Waals surface area contributed by atoms with Crippen molar-refractivity contribution < 1.29 is 19.0 Å². The van der Waals surface area contributed by atoms with Crippen molar-refractivity contribution in [1.82, 2.24) is 0 Å². The molecule has 0 amide bonds. The summed E-state index contributed by atoms with van der Waals surface area (Å²) in [7, 11) is 0. The molecule has 0 saturated heterocycles. The lowest BCUT2D eigenvalue weighted by Gasteiger charge is -2.10. The molecule has 0 bridgehead atoms. The summed E-state index contributed by atoms with van der Waals surface area (Å²) in [5, 5.41) is 25.0. The summed E-state index contributed by atoms with van der Waals surface area (Å²) in [4.78, 5) is 0. The average Bonchev–Trinajstić information content (AvgIpc) is 3.27. The highest BCUT2D eigenvalue weighted by molar-refractivity contribution is 6.21. The fourth-order valence-corrected chi connectivity index (χ4v) is 4.12. The van der Waals surface area contributed by atoms with Crippen LogP contribution < -0.4 is 0 Å². The summed E-state index contributed by atoms with van der Waals surface area (Å²) in [5.41, 5.74) is 3.84. The molecule has 4 heteroatoms. The van der Waals surface area contributed by atoms with Crippen LogP contribution in [0.25, 0.3) is 55.0 Å². The van der Waals surface area contributed by atoms with Crippen molar-refractivity contribution in [3.63, 3.8) is 0 Å². The van der Waals surface area contributed by atoms with Gasteiger partial charge in [0.05, 0.1) is 0 Å². The number of furan rings is 2. The molecule has 0 unspecified atom stereocenters. The monoisotopic (exact) mass is 366 g/mol. The number of phenolic OH excluding ortho intramolecular Hbond substituents is 2. The van der Waals surface area contributed by atoms with E-state index in [1.54, 1.807) is 24.3 Å². The summed E-state index contributed by atoms with van der Waals surface area (Å²) in [6, 6.07) is 22.1. The Hall–Kier alpha value is -3.92. The minimum atomic E-state index is 0.0761. The number of fused-ring (bicyclic) bond motifs is 6. The molecule has 0 aliphatic heterocycles. The van der Waals surface area contributed by atoms with Crippen molar-refractivity contribution in [2.24, 2.45) is 0 Å². The van der Waals surface area contributed by atoms with Gasteiger partial charge in [-0.2, -0.15) is 0 Å². The predicted octanol–water partition coefficient (Wildman–Crippen LogP) is 6.56. The highest BCUT2D eigenvalue weighted by Gasteiger charge is 2.23. The Morgan fingerprint density at radius 2 is 0.893 bits per heavy atom. The molecule has 0 atom stereocenters. The highest BCUT2D eigenvalue weighted by Crippen LogP contribution is 2.49. The van der Waals surface area contributed by atoms with Gasteiger partial charge in [-0.15, -0.1) is 0 Å². The first-order valence-corrected chi connectivity index (χ1v) is 8.99. The molecule has 0 fully saturated rings. The van der Waals surface area contributed by atoms with E-state index in [4.69, 9.17) is 8.83 Å². The lowest BCUT2D eigenvalue weighted by atomic mass is 9.93. The lowest BCUT2D eigenvalue weighted by Crippen LogP contribution is -1.84. The Morgan fingerprint density at radius 1 is 0.464 bits per heavy atom. The van der Waals surface area contributed by atoms with Crippen molar-refractivity contribution in [2.45, 2.75) is 0 Å². The molecule has 0 spiro atoms. The van der Waals surface area contributed by atoms with E-state index in [1.807, 2.05) is 48.5 Å². The van der Waals surface area contributed by atoms with Crippen molar-refractivity contribution >= 4 is 43.9 Å². The van der Waals surface area contributed by atoms with Crippen LogP contribution in [-0.2, 0) is 0 Å². The number of aromatic hydroxyl groups is 2. The first-order valence-electron chi connectivity index (χ1n) is 8.99. The number of hydrogen-bond donors (Lipinski definition) is 2. The molecule has 0 saturated carbocycles. The van der Waals surface area contributed by atoms with Gasteiger partial charge in [-0.3, -0.25) is 0 Å². The van der Waals surface area contributed by atoms with Gasteiger partial charge < -0.3 is 19.0 Å². The Balaban J connectivity index is 1.88.